The molecule has 2 fully saturated rings. The molecule has 0 aromatic heterocycles. The number of hydrogen-bond acceptors (Lipinski definition) is 2. The average molecular weight is 387 g/mol. The van der Waals surface area contributed by atoms with Crippen molar-refractivity contribution in [2.75, 3.05) is 27.4 Å². The fourth-order valence-corrected chi connectivity index (χ4v) is 5.68. The maximum absolute atomic E-state index is 5.32. The van der Waals surface area contributed by atoms with Crippen LogP contribution in [0.1, 0.15) is 87.3 Å². The first-order chi connectivity index (χ1) is 13.7. The van der Waals surface area contributed by atoms with Gasteiger partial charge in [-0.25, -0.2) is 0 Å². The second-order valence-corrected chi connectivity index (χ2v) is 9.50. The quantitative estimate of drug-likeness (QED) is 0.448. The largest absolute Gasteiger partial charge is 0.385 e. The molecule has 0 spiro atoms. The lowest BCUT2D eigenvalue weighted by atomic mass is 9.68. The minimum absolute atomic E-state index is 0.774. The predicted octanol–water partition coefficient (Wildman–Crippen LogP) is 6.55. The maximum Gasteiger partial charge on any atom is 0.0502 e. The van der Waals surface area contributed by atoms with Gasteiger partial charge in [0.1, 0.15) is 0 Å². The summed E-state index contributed by atoms with van der Waals surface area (Å²) < 4.78 is 10.6. The summed E-state index contributed by atoms with van der Waals surface area (Å²) in [5.41, 5.74) is 4.58. The van der Waals surface area contributed by atoms with Crippen LogP contribution < -0.4 is 0 Å². The lowest BCUT2D eigenvalue weighted by molar-refractivity contribution is 0.165. The number of ether oxygens (including phenoxy) is 2. The van der Waals surface area contributed by atoms with Crippen molar-refractivity contribution in [3.8, 4) is 0 Å². The number of aryl methyl sites for hydroxylation is 1. The summed E-state index contributed by atoms with van der Waals surface area (Å²) in [7, 11) is 3.60. The van der Waals surface area contributed by atoms with Crippen molar-refractivity contribution in [3.05, 3.63) is 34.9 Å². The molecular weight excluding hydrogens is 344 g/mol. The van der Waals surface area contributed by atoms with Gasteiger partial charge in [-0.3, -0.25) is 0 Å². The van der Waals surface area contributed by atoms with Gasteiger partial charge in [-0.15, -0.1) is 0 Å². The molecule has 0 N–H and O–H groups in total. The van der Waals surface area contributed by atoms with Crippen molar-refractivity contribution in [2.24, 2.45) is 17.8 Å². The molecule has 2 saturated carbocycles. The zero-order valence-electron chi connectivity index (χ0n) is 18.6. The van der Waals surface area contributed by atoms with E-state index in [2.05, 4.69) is 25.1 Å². The van der Waals surface area contributed by atoms with Gasteiger partial charge in [0.05, 0.1) is 6.61 Å². The van der Waals surface area contributed by atoms with Gasteiger partial charge in [0.2, 0.25) is 0 Å². The summed E-state index contributed by atoms with van der Waals surface area (Å²) in [6, 6.07) is 7.32. The van der Waals surface area contributed by atoms with E-state index < -0.39 is 0 Å². The first-order valence-corrected chi connectivity index (χ1v) is 11.8. The van der Waals surface area contributed by atoms with Crippen LogP contribution in [0.2, 0.25) is 0 Å². The van der Waals surface area contributed by atoms with E-state index in [1.165, 1.54) is 62.5 Å². The number of benzene rings is 1. The SMILES string of the molecule is COCCCc1cc(C2CCC(C3CCC(C)CC3)CC2)ccc1CCOC. The molecule has 0 amide bonds. The van der Waals surface area contributed by atoms with E-state index in [4.69, 9.17) is 9.47 Å². The second kappa shape index (κ2) is 11.4. The van der Waals surface area contributed by atoms with Crippen LogP contribution in [0.4, 0.5) is 0 Å². The fraction of sp³-hybridized carbons (Fsp3) is 0.769. The molecule has 0 heterocycles. The minimum atomic E-state index is 0.774. The lowest BCUT2D eigenvalue weighted by Gasteiger charge is -2.37. The summed E-state index contributed by atoms with van der Waals surface area (Å²) in [4.78, 5) is 0. The topological polar surface area (TPSA) is 18.5 Å². The van der Waals surface area contributed by atoms with Gasteiger partial charge in [0, 0.05) is 20.8 Å². The molecular formula is C26H42O2. The molecule has 3 rings (SSSR count). The van der Waals surface area contributed by atoms with Crippen LogP contribution in [0.5, 0.6) is 0 Å². The Hall–Kier alpha value is -0.860. The van der Waals surface area contributed by atoms with Crippen LogP contribution in [-0.4, -0.2) is 27.4 Å². The molecule has 2 nitrogen and oxygen atoms in total. The zero-order valence-corrected chi connectivity index (χ0v) is 18.6. The molecule has 158 valence electrons. The van der Waals surface area contributed by atoms with Gasteiger partial charge in [-0.2, -0.15) is 0 Å². The van der Waals surface area contributed by atoms with Crippen molar-refractivity contribution in [1.82, 2.24) is 0 Å². The highest BCUT2D eigenvalue weighted by atomic mass is 16.5. The summed E-state index contributed by atoms with van der Waals surface area (Å²) in [6.07, 6.45) is 14.9. The zero-order chi connectivity index (χ0) is 19.8. The molecule has 2 aliphatic carbocycles. The highest BCUT2D eigenvalue weighted by Gasteiger charge is 2.30. The molecule has 0 radical (unpaired) electrons. The Bertz CT molecular complexity index is 566. The van der Waals surface area contributed by atoms with Crippen LogP contribution in [0.15, 0.2) is 18.2 Å². The number of rotatable bonds is 9. The van der Waals surface area contributed by atoms with Crippen LogP contribution >= 0.6 is 0 Å². The Labute approximate surface area is 173 Å². The first kappa shape index (κ1) is 21.8. The van der Waals surface area contributed by atoms with Crippen LogP contribution in [-0.2, 0) is 22.3 Å². The maximum atomic E-state index is 5.32. The molecule has 0 aliphatic heterocycles. The van der Waals surface area contributed by atoms with E-state index in [1.807, 2.05) is 0 Å². The highest BCUT2D eigenvalue weighted by molar-refractivity contribution is 5.34. The molecule has 0 bridgehead atoms. The smallest absolute Gasteiger partial charge is 0.0502 e. The molecule has 2 aliphatic rings. The van der Waals surface area contributed by atoms with Gasteiger partial charge in [-0.05, 0) is 98.1 Å². The third-order valence-electron chi connectivity index (χ3n) is 7.57. The van der Waals surface area contributed by atoms with Crippen molar-refractivity contribution in [3.63, 3.8) is 0 Å². The monoisotopic (exact) mass is 386 g/mol. The molecule has 2 heteroatoms. The molecule has 0 unspecified atom stereocenters. The standard InChI is InChI=1S/C26H42O2/c1-20-6-8-21(9-7-20)22-10-12-23(13-11-22)26-15-14-24(16-18-28-3)25(19-26)5-4-17-27-2/h14-15,19-23H,4-13,16-18H2,1-3H3. The normalized spacial score (nSPS) is 28.4. The summed E-state index contributed by atoms with van der Waals surface area (Å²) >= 11 is 0. The lowest BCUT2D eigenvalue weighted by Crippen LogP contribution is -2.24. The fourth-order valence-electron chi connectivity index (χ4n) is 5.68. The minimum Gasteiger partial charge on any atom is -0.385 e. The Morgan fingerprint density at radius 1 is 0.750 bits per heavy atom. The summed E-state index contributed by atoms with van der Waals surface area (Å²) in [5.74, 6) is 3.78. The average Bonchev–Trinajstić information content (AvgIpc) is 2.73. The van der Waals surface area contributed by atoms with Crippen molar-refractivity contribution in [2.45, 2.75) is 83.5 Å². The first-order valence-electron chi connectivity index (χ1n) is 11.8. The summed E-state index contributed by atoms with van der Waals surface area (Å²) in [5, 5.41) is 0. The van der Waals surface area contributed by atoms with E-state index >= 15 is 0 Å². The van der Waals surface area contributed by atoms with Crippen molar-refractivity contribution >= 4 is 0 Å². The Morgan fingerprint density at radius 3 is 2.04 bits per heavy atom. The van der Waals surface area contributed by atoms with E-state index in [0.29, 0.717) is 0 Å². The predicted molar refractivity (Wildman–Crippen MR) is 118 cm³/mol. The Balaban J connectivity index is 1.59. The third kappa shape index (κ3) is 6.07. The van der Waals surface area contributed by atoms with Crippen LogP contribution in [0, 0.1) is 17.8 Å². The van der Waals surface area contributed by atoms with Gasteiger partial charge in [-0.1, -0.05) is 38.0 Å². The van der Waals surface area contributed by atoms with Crippen LogP contribution in [0.25, 0.3) is 0 Å². The van der Waals surface area contributed by atoms with Gasteiger partial charge in [0.25, 0.3) is 0 Å². The van der Waals surface area contributed by atoms with Gasteiger partial charge >= 0.3 is 0 Å². The third-order valence-corrected chi connectivity index (χ3v) is 7.57. The van der Waals surface area contributed by atoms with E-state index in [9.17, 15) is 0 Å². The van der Waals surface area contributed by atoms with Crippen molar-refractivity contribution < 1.29 is 9.47 Å². The molecule has 1 aromatic carbocycles. The molecule has 28 heavy (non-hydrogen) atoms. The van der Waals surface area contributed by atoms with E-state index in [1.54, 1.807) is 19.8 Å². The second-order valence-electron chi connectivity index (χ2n) is 9.50. The van der Waals surface area contributed by atoms with Crippen molar-refractivity contribution in [1.29, 1.82) is 0 Å². The highest BCUT2D eigenvalue weighted by Crippen LogP contribution is 2.44. The van der Waals surface area contributed by atoms with E-state index in [0.717, 1.165) is 56.1 Å². The molecule has 0 atom stereocenters. The van der Waals surface area contributed by atoms with Gasteiger partial charge < -0.3 is 9.47 Å². The van der Waals surface area contributed by atoms with Gasteiger partial charge in [0.15, 0.2) is 0 Å². The molecule has 1 aromatic rings. The molecule has 0 saturated heterocycles. The Morgan fingerprint density at radius 2 is 1.39 bits per heavy atom. The Kier molecular flexibility index (Phi) is 8.86. The summed E-state index contributed by atoms with van der Waals surface area (Å²) in [6.45, 7) is 4.09. The number of hydrogen-bond donors (Lipinski definition) is 0. The van der Waals surface area contributed by atoms with Crippen LogP contribution in [0.3, 0.4) is 0 Å². The van der Waals surface area contributed by atoms with E-state index in [-0.39, 0.29) is 0 Å². The number of methoxy groups -OCH3 is 2.